The van der Waals surface area contributed by atoms with Crippen LogP contribution in [-0.4, -0.2) is 50.7 Å². The highest BCUT2D eigenvalue weighted by Gasteiger charge is 2.26. The van der Waals surface area contributed by atoms with E-state index in [0.717, 1.165) is 48.6 Å². The molecule has 0 spiro atoms. The van der Waals surface area contributed by atoms with Crippen molar-refractivity contribution in [3.8, 4) is 28.1 Å². The van der Waals surface area contributed by atoms with Crippen LogP contribution >= 0.6 is 11.6 Å². The molecule has 3 heterocycles. The number of imidazole rings is 1. The lowest BCUT2D eigenvalue weighted by molar-refractivity contribution is 0.128. The van der Waals surface area contributed by atoms with Gasteiger partial charge in [-0.1, -0.05) is 29.8 Å². The molecule has 1 saturated heterocycles. The van der Waals surface area contributed by atoms with Crippen LogP contribution in [0.3, 0.4) is 0 Å². The minimum Gasteiger partial charge on any atom is -0.396 e. The van der Waals surface area contributed by atoms with Crippen molar-refractivity contribution in [2.24, 2.45) is 7.05 Å². The Hall–Kier alpha value is -3.55. The molecule has 2 aromatic heterocycles. The molecule has 1 aliphatic heterocycles. The van der Waals surface area contributed by atoms with Crippen molar-refractivity contribution in [3.63, 3.8) is 0 Å². The van der Waals surface area contributed by atoms with Gasteiger partial charge in [0.15, 0.2) is 0 Å². The molecule has 5 rings (SSSR count). The number of hydrogen-bond acceptors (Lipinski definition) is 5. The van der Waals surface area contributed by atoms with Crippen molar-refractivity contribution in [2.75, 3.05) is 36.8 Å². The average Bonchev–Trinajstić information content (AvgIpc) is 3.21. The highest BCUT2D eigenvalue weighted by molar-refractivity contribution is 6.32. The Balaban J connectivity index is 1.43. The third kappa shape index (κ3) is 4.89. The van der Waals surface area contributed by atoms with Crippen LogP contribution in [0, 0.1) is 0 Å². The number of nitrogens with two attached hydrogens (primary N) is 1. The molecule has 0 radical (unpaired) electrons. The minimum atomic E-state index is -0.153. The quantitative estimate of drug-likeness (QED) is 0.410. The maximum Gasteiger partial charge on any atom is 0.332 e. The maximum absolute atomic E-state index is 12.4. The summed E-state index contributed by atoms with van der Waals surface area (Å²) >= 11 is 6.61. The Morgan fingerprint density at radius 2 is 1.70 bits per heavy atom. The second-order valence-corrected chi connectivity index (χ2v) is 11.0. The summed E-state index contributed by atoms with van der Waals surface area (Å²) in [5.41, 5.74) is 12.6. The molecule has 0 saturated carbocycles. The fourth-order valence-corrected chi connectivity index (χ4v) is 5.23. The van der Waals surface area contributed by atoms with Crippen LogP contribution in [0.15, 0.2) is 71.9 Å². The molecule has 0 unspecified atom stereocenters. The Morgan fingerprint density at radius 3 is 2.35 bits per heavy atom. The highest BCUT2D eigenvalue weighted by Crippen LogP contribution is 2.36. The number of anilines is 2. The van der Waals surface area contributed by atoms with E-state index < -0.39 is 0 Å². The lowest BCUT2D eigenvalue weighted by Crippen LogP contribution is -2.53. The van der Waals surface area contributed by atoms with Gasteiger partial charge in [0, 0.05) is 74.2 Å². The summed E-state index contributed by atoms with van der Waals surface area (Å²) in [6, 6.07) is 16.0. The molecule has 1 fully saturated rings. The summed E-state index contributed by atoms with van der Waals surface area (Å²) in [4.78, 5) is 22.0. The molecule has 2 aromatic carbocycles. The third-order valence-electron chi connectivity index (χ3n) is 7.17. The minimum absolute atomic E-state index is 0.153. The molecule has 2 N–H and O–H groups in total. The molecule has 0 amide bonds. The molecule has 8 heteroatoms. The van der Waals surface area contributed by atoms with Crippen LogP contribution in [0.2, 0.25) is 5.02 Å². The first-order chi connectivity index (χ1) is 17.6. The number of aryl methyl sites for hydroxylation is 1. The Labute approximate surface area is 222 Å². The van der Waals surface area contributed by atoms with E-state index in [0.29, 0.717) is 16.4 Å². The van der Waals surface area contributed by atoms with Crippen molar-refractivity contribution in [3.05, 3.63) is 82.6 Å². The summed E-state index contributed by atoms with van der Waals surface area (Å²) in [7, 11) is 1.71. The van der Waals surface area contributed by atoms with Gasteiger partial charge in [-0.3, -0.25) is 14.5 Å². The fraction of sp³-hybridized carbons (Fsp3) is 0.310. The van der Waals surface area contributed by atoms with E-state index in [1.807, 2.05) is 24.3 Å². The number of pyridine rings is 1. The van der Waals surface area contributed by atoms with E-state index in [1.54, 1.807) is 25.6 Å². The summed E-state index contributed by atoms with van der Waals surface area (Å²) in [6.07, 6.45) is 5.19. The molecule has 37 heavy (non-hydrogen) atoms. The average molecular weight is 517 g/mol. The number of piperazine rings is 1. The van der Waals surface area contributed by atoms with E-state index >= 15 is 0 Å². The van der Waals surface area contributed by atoms with Gasteiger partial charge in [0.1, 0.15) is 0 Å². The van der Waals surface area contributed by atoms with E-state index in [1.165, 1.54) is 14.8 Å². The van der Waals surface area contributed by atoms with Crippen LogP contribution in [0.5, 0.6) is 0 Å². The summed E-state index contributed by atoms with van der Waals surface area (Å²) in [5, 5.41) is 0.472. The van der Waals surface area contributed by atoms with Crippen molar-refractivity contribution >= 4 is 23.0 Å². The van der Waals surface area contributed by atoms with Crippen molar-refractivity contribution < 1.29 is 0 Å². The van der Waals surface area contributed by atoms with Gasteiger partial charge in [0.05, 0.1) is 22.1 Å². The van der Waals surface area contributed by atoms with Gasteiger partial charge in [-0.15, -0.1) is 0 Å². The molecule has 4 aromatic rings. The summed E-state index contributed by atoms with van der Waals surface area (Å²) in [5.74, 6) is 0. The summed E-state index contributed by atoms with van der Waals surface area (Å²) in [6.45, 7) is 10.9. The zero-order valence-corrected chi connectivity index (χ0v) is 22.5. The highest BCUT2D eigenvalue weighted by atomic mass is 35.5. The lowest BCUT2D eigenvalue weighted by Gasteiger charge is -2.43. The van der Waals surface area contributed by atoms with E-state index in [2.05, 4.69) is 59.8 Å². The zero-order valence-electron chi connectivity index (χ0n) is 21.8. The second-order valence-electron chi connectivity index (χ2n) is 10.5. The van der Waals surface area contributed by atoms with E-state index in [-0.39, 0.29) is 11.2 Å². The molecule has 192 valence electrons. The Morgan fingerprint density at radius 1 is 0.946 bits per heavy atom. The van der Waals surface area contributed by atoms with Crippen LogP contribution in [0.1, 0.15) is 20.8 Å². The first-order valence-electron chi connectivity index (χ1n) is 12.5. The molecule has 0 atom stereocenters. The first-order valence-corrected chi connectivity index (χ1v) is 12.9. The predicted octanol–water partition coefficient (Wildman–Crippen LogP) is 5.06. The van der Waals surface area contributed by atoms with Crippen LogP contribution in [0.4, 0.5) is 11.4 Å². The maximum atomic E-state index is 12.4. The van der Waals surface area contributed by atoms with Crippen LogP contribution in [0.25, 0.3) is 28.1 Å². The van der Waals surface area contributed by atoms with Gasteiger partial charge in [0.2, 0.25) is 0 Å². The van der Waals surface area contributed by atoms with Crippen LogP contribution < -0.4 is 16.3 Å². The smallest absolute Gasteiger partial charge is 0.332 e. The van der Waals surface area contributed by atoms with Gasteiger partial charge < -0.3 is 15.2 Å². The number of benzene rings is 2. The Bertz CT molecular complexity index is 1490. The Kier molecular flexibility index (Phi) is 6.60. The number of nitrogen functional groups attached to an aromatic ring is 1. The largest absolute Gasteiger partial charge is 0.396 e. The van der Waals surface area contributed by atoms with Crippen LogP contribution in [-0.2, 0) is 7.05 Å². The molecule has 0 bridgehead atoms. The molecular weight excluding hydrogens is 484 g/mol. The molecule has 0 aliphatic carbocycles. The summed E-state index contributed by atoms with van der Waals surface area (Å²) < 4.78 is 3.04. The first kappa shape index (κ1) is 25.1. The third-order valence-corrected chi connectivity index (χ3v) is 7.47. The zero-order chi connectivity index (χ0) is 26.3. The fourth-order valence-electron chi connectivity index (χ4n) is 4.96. The standard InChI is InChI=1S/C29H33ClN6O/c1-29(2,3)35-15-13-34(14-16-35)22-7-5-6-21(18-22)27-26(31)23(10-11-32-27)20-8-9-25(24(30)19-20)36-17-12-33(4)28(36)37/h5-12,17-19H,13-16,31H2,1-4H3. The molecular formula is C29H33ClN6O. The van der Waals surface area contributed by atoms with Gasteiger partial charge in [0.25, 0.3) is 0 Å². The van der Waals surface area contributed by atoms with Gasteiger partial charge >= 0.3 is 5.69 Å². The second kappa shape index (κ2) is 9.72. The monoisotopic (exact) mass is 516 g/mol. The normalized spacial score (nSPS) is 14.8. The van der Waals surface area contributed by atoms with E-state index in [4.69, 9.17) is 17.3 Å². The number of nitrogens with zero attached hydrogens (tertiary/aromatic N) is 5. The topological polar surface area (TPSA) is 72.3 Å². The SMILES string of the molecule is Cn1ccn(-c2ccc(-c3ccnc(-c4cccc(N5CCN(C(C)(C)C)CC5)c4)c3N)cc2Cl)c1=O. The predicted molar refractivity (Wildman–Crippen MR) is 153 cm³/mol. The van der Waals surface area contributed by atoms with E-state index in [9.17, 15) is 4.79 Å². The van der Waals surface area contributed by atoms with Crippen molar-refractivity contribution in [2.45, 2.75) is 26.3 Å². The molecule has 7 nitrogen and oxygen atoms in total. The number of hydrogen-bond donors (Lipinski definition) is 1. The van der Waals surface area contributed by atoms with Gasteiger partial charge in [-0.05, 0) is 56.7 Å². The van der Waals surface area contributed by atoms with Crippen molar-refractivity contribution in [1.82, 2.24) is 19.0 Å². The lowest BCUT2D eigenvalue weighted by atomic mass is 10.00. The van der Waals surface area contributed by atoms with Gasteiger partial charge in [-0.25, -0.2) is 4.79 Å². The molecule has 1 aliphatic rings. The van der Waals surface area contributed by atoms with Crippen molar-refractivity contribution in [1.29, 1.82) is 0 Å². The number of aromatic nitrogens is 3. The number of halogens is 1. The van der Waals surface area contributed by atoms with Gasteiger partial charge in [-0.2, -0.15) is 0 Å². The number of rotatable bonds is 4.